The van der Waals surface area contributed by atoms with Crippen molar-refractivity contribution in [2.45, 2.75) is 46.8 Å². The summed E-state index contributed by atoms with van der Waals surface area (Å²) in [6, 6.07) is 7.71. The quantitative estimate of drug-likeness (QED) is 0.268. The fourth-order valence-corrected chi connectivity index (χ4v) is 7.89. The van der Waals surface area contributed by atoms with Crippen LogP contribution in [0.2, 0.25) is 0 Å². The second-order valence-corrected chi connectivity index (χ2v) is 15.0. The van der Waals surface area contributed by atoms with Crippen LogP contribution in [0.5, 0.6) is 11.6 Å². The van der Waals surface area contributed by atoms with E-state index in [1.165, 1.54) is 29.7 Å². The first kappa shape index (κ1) is 32.8. The Bertz CT molecular complexity index is 1500. The number of ether oxygens (including phenoxy) is 4. The van der Waals surface area contributed by atoms with E-state index < -0.39 is 31.8 Å². The lowest BCUT2D eigenvalue weighted by atomic mass is 9.88. The van der Waals surface area contributed by atoms with E-state index in [0.717, 1.165) is 0 Å². The number of hydrogen-bond donors (Lipinski definition) is 3. The number of nitrogens with one attached hydrogen (secondary N) is 2. The van der Waals surface area contributed by atoms with Crippen LogP contribution in [0.25, 0.3) is 0 Å². The first-order valence-corrected chi connectivity index (χ1v) is 17.6. The molecule has 1 spiro atoms. The molecule has 2 atom stereocenters. The van der Waals surface area contributed by atoms with Gasteiger partial charge in [0.05, 0.1) is 36.5 Å². The average Bonchev–Trinajstić information content (AvgIpc) is 3.43. The summed E-state index contributed by atoms with van der Waals surface area (Å²) in [6.07, 6.45) is 2.35. The summed E-state index contributed by atoms with van der Waals surface area (Å²) >= 11 is 0. The molecule has 0 bridgehead atoms. The fraction of sp³-hybridized carbons (Fsp3) is 0.607. The van der Waals surface area contributed by atoms with Crippen LogP contribution in [0.4, 0.5) is 5.69 Å². The number of aliphatic hydroxyl groups is 1. The van der Waals surface area contributed by atoms with Gasteiger partial charge < -0.3 is 34.3 Å². The predicted molar refractivity (Wildman–Crippen MR) is 161 cm³/mol. The van der Waals surface area contributed by atoms with Gasteiger partial charge in [0.25, 0.3) is 0 Å². The zero-order chi connectivity index (χ0) is 31.4. The normalized spacial score (nSPS) is 21.2. The second kappa shape index (κ2) is 13.8. The topological polar surface area (TPSA) is 169 Å². The van der Waals surface area contributed by atoms with E-state index in [0.29, 0.717) is 82.6 Å². The van der Waals surface area contributed by atoms with Gasteiger partial charge in [-0.25, -0.2) is 26.5 Å². The molecule has 0 amide bonds. The zero-order valence-corrected chi connectivity index (χ0v) is 26.6. The molecule has 44 heavy (non-hydrogen) atoms. The number of piperidine rings is 1. The standard InChI is InChI=1S/C28H41N5O9S2/c1-29-43(35,36)24-5-3-4-23(14-24)41-20-22(34)17-30-21-16-28(42-19-21)6-8-33(9-7-28)44(37,38)25-15-26-27(31-18-25)40-13-11-32(26)10-12-39-2/h3-5,14-15,18,21-22,29-30,34H,6-13,16-17,19-20H2,1-2H3. The summed E-state index contributed by atoms with van der Waals surface area (Å²) in [5, 5.41) is 13.8. The van der Waals surface area contributed by atoms with Gasteiger partial charge in [0, 0.05) is 45.4 Å². The summed E-state index contributed by atoms with van der Waals surface area (Å²) in [7, 11) is -4.39. The molecular weight excluding hydrogens is 614 g/mol. The number of rotatable bonds is 13. The third kappa shape index (κ3) is 7.45. The molecule has 16 heteroatoms. The van der Waals surface area contributed by atoms with Crippen molar-refractivity contribution in [3.63, 3.8) is 0 Å². The fourth-order valence-electron chi connectivity index (χ4n) is 5.72. The van der Waals surface area contributed by atoms with Gasteiger partial charge in [-0.3, -0.25) is 0 Å². The van der Waals surface area contributed by atoms with E-state index in [-0.39, 0.29) is 29.0 Å². The van der Waals surface area contributed by atoms with Gasteiger partial charge in [-0.1, -0.05) is 6.07 Å². The third-order valence-corrected chi connectivity index (χ3v) is 11.5. The molecule has 3 aliphatic rings. The number of aromatic nitrogens is 1. The highest BCUT2D eigenvalue weighted by Crippen LogP contribution is 2.38. The molecule has 3 N–H and O–H groups in total. The minimum absolute atomic E-state index is 0.000152. The summed E-state index contributed by atoms with van der Waals surface area (Å²) < 4.78 is 77.5. The van der Waals surface area contributed by atoms with E-state index in [2.05, 4.69) is 15.0 Å². The molecule has 4 heterocycles. The minimum Gasteiger partial charge on any atom is -0.491 e. The molecule has 2 saturated heterocycles. The zero-order valence-electron chi connectivity index (χ0n) is 25.0. The van der Waals surface area contributed by atoms with Crippen LogP contribution in [0.15, 0.2) is 46.3 Å². The van der Waals surface area contributed by atoms with Crippen LogP contribution in [0.3, 0.4) is 0 Å². The van der Waals surface area contributed by atoms with Gasteiger partial charge in [0.15, 0.2) is 0 Å². The number of sulfonamides is 2. The molecule has 0 aliphatic carbocycles. The van der Waals surface area contributed by atoms with E-state index in [4.69, 9.17) is 18.9 Å². The highest BCUT2D eigenvalue weighted by molar-refractivity contribution is 7.89. The molecule has 1 aromatic heterocycles. The lowest BCUT2D eigenvalue weighted by molar-refractivity contribution is -0.0312. The second-order valence-electron chi connectivity index (χ2n) is 11.2. The Labute approximate surface area is 258 Å². The van der Waals surface area contributed by atoms with Gasteiger partial charge in [-0.05, 0) is 44.5 Å². The molecule has 2 fully saturated rings. The maximum atomic E-state index is 13.6. The number of aliphatic hydroxyl groups excluding tert-OH is 1. The Kier molecular flexibility index (Phi) is 10.3. The van der Waals surface area contributed by atoms with E-state index in [9.17, 15) is 21.9 Å². The first-order chi connectivity index (χ1) is 21.0. The van der Waals surface area contributed by atoms with Crippen molar-refractivity contribution in [1.29, 1.82) is 0 Å². The molecule has 0 radical (unpaired) electrons. The molecule has 2 unspecified atom stereocenters. The maximum absolute atomic E-state index is 13.6. The van der Waals surface area contributed by atoms with Gasteiger partial charge in [0.1, 0.15) is 35.7 Å². The first-order valence-electron chi connectivity index (χ1n) is 14.6. The summed E-state index contributed by atoms with van der Waals surface area (Å²) in [6.45, 7) is 3.57. The Morgan fingerprint density at radius 2 is 1.95 bits per heavy atom. The number of hydrogen-bond acceptors (Lipinski definition) is 12. The molecule has 1 aromatic carbocycles. The third-order valence-electron chi connectivity index (χ3n) is 8.26. The molecule has 0 saturated carbocycles. The molecule has 244 valence electrons. The van der Waals surface area contributed by atoms with Crippen molar-refractivity contribution >= 4 is 25.7 Å². The largest absolute Gasteiger partial charge is 0.491 e. The highest BCUT2D eigenvalue weighted by atomic mass is 32.2. The number of pyridine rings is 1. The molecular formula is C28H41N5O9S2. The number of nitrogens with zero attached hydrogens (tertiary/aromatic N) is 3. The highest BCUT2D eigenvalue weighted by Gasteiger charge is 2.45. The van der Waals surface area contributed by atoms with Crippen LogP contribution in [-0.2, 0) is 29.5 Å². The van der Waals surface area contributed by atoms with Crippen molar-refractivity contribution < 1.29 is 40.9 Å². The van der Waals surface area contributed by atoms with Crippen LogP contribution in [-0.4, -0.2) is 122 Å². The van der Waals surface area contributed by atoms with Gasteiger partial charge >= 0.3 is 0 Å². The van der Waals surface area contributed by atoms with Crippen molar-refractivity contribution in [3.8, 4) is 11.6 Å². The lowest BCUT2D eigenvalue weighted by Gasteiger charge is -2.38. The van der Waals surface area contributed by atoms with Crippen LogP contribution in [0, 0.1) is 0 Å². The average molecular weight is 656 g/mol. The van der Waals surface area contributed by atoms with Crippen LogP contribution < -0.4 is 24.4 Å². The summed E-state index contributed by atoms with van der Waals surface area (Å²) in [4.78, 5) is 6.54. The minimum atomic E-state index is -3.76. The molecule has 2 aromatic rings. The summed E-state index contributed by atoms with van der Waals surface area (Å²) in [5.74, 6) is 0.765. The Morgan fingerprint density at radius 1 is 1.16 bits per heavy atom. The predicted octanol–water partition coefficient (Wildman–Crippen LogP) is 0.177. The Balaban J connectivity index is 1.10. The van der Waals surface area contributed by atoms with Crippen molar-refractivity contribution in [2.24, 2.45) is 0 Å². The van der Waals surface area contributed by atoms with Crippen molar-refractivity contribution in [1.82, 2.24) is 19.3 Å². The molecule has 14 nitrogen and oxygen atoms in total. The van der Waals surface area contributed by atoms with E-state index in [1.54, 1.807) is 25.3 Å². The number of fused-ring (bicyclic) bond motifs is 1. The van der Waals surface area contributed by atoms with E-state index >= 15 is 0 Å². The van der Waals surface area contributed by atoms with Crippen LogP contribution in [0.1, 0.15) is 19.3 Å². The van der Waals surface area contributed by atoms with Gasteiger partial charge in [-0.2, -0.15) is 4.31 Å². The SMILES string of the molecule is CNS(=O)(=O)c1cccc(OCC(O)CNC2COC3(CCN(S(=O)(=O)c4cnc5c(c4)N(CCOC)CCO5)CC3)C2)c1. The monoisotopic (exact) mass is 655 g/mol. The lowest BCUT2D eigenvalue weighted by Crippen LogP contribution is -2.47. The van der Waals surface area contributed by atoms with E-state index in [1.807, 2.05) is 4.90 Å². The number of benzene rings is 1. The van der Waals surface area contributed by atoms with Crippen LogP contribution >= 0.6 is 0 Å². The van der Waals surface area contributed by atoms with Gasteiger partial charge in [-0.15, -0.1) is 0 Å². The Morgan fingerprint density at radius 3 is 2.70 bits per heavy atom. The Hall–Kier alpha value is -2.57. The maximum Gasteiger partial charge on any atom is 0.244 e. The van der Waals surface area contributed by atoms with Crippen molar-refractivity contribution in [2.75, 3.05) is 78.2 Å². The molecule has 3 aliphatic heterocycles. The smallest absolute Gasteiger partial charge is 0.244 e. The summed E-state index contributed by atoms with van der Waals surface area (Å²) in [5.41, 5.74) is 0.224. The van der Waals surface area contributed by atoms with Crippen molar-refractivity contribution in [3.05, 3.63) is 36.5 Å². The number of methoxy groups -OCH3 is 1. The van der Waals surface area contributed by atoms with Gasteiger partial charge in [0.2, 0.25) is 25.9 Å². The molecule has 5 rings (SSSR count). The number of anilines is 1.